The first-order valence-electron chi connectivity index (χ1n) is 5.39. The molecule has 20 heavy (non-hydrogen) atoms. The van der Waals surface area contributed by atoms with Gasteiger partial charge in [0, 0.05) is 6.07 Å². The van der Waals surface area contributed by atoms with Gasteiger partial charge in [0.2, 0.25) is 6.79 Å². The quantitative estimate of drug-likeness (QED) is 0.867. The Morgan fingerprint density at radius 2 is 2.10 bits per heavy atom. The number of nitrogens with zero attached hydrogens (tertiary/aromatic N) is 1. The zero-order valence-corrected chi connectivity index (χ0v) is 10.5. The molecule has 0 atom stereocenters. The van der Waals surface area contributed by atoms with Crippen molar-refractivity contribution in [2.75, 3.05) is 6.79 Å². The van der Waals surface area contributed by atoms with E-state index in [9.17, 15) is 9.59 Å². The fourth-order valence-corrected chi connectivity index (χ4v) is 2.17. The Hall–Kier alpha value is -2.54. The summed E-state index contributed by atoms with van der Waals surface area (Å²) in [6, 6.07) is 2.60. The molecule has 1 aliphatic rings. The Morgan fingerprint density at radius 3 is 2.75 bits per heavy atom. The van der Waals surface area contributed by atoms with Crippen LogP contribution < -0.4 is 9.47 Å². The van der Waals surface area contributed by atoms with Gasteiger partial charge in [-0.3, -0.25) is 4.79 Å². The van der Waals surface area contributed by atoms with Crippen molar-refractivity contribution in [3.8, 4) is 22.8 Å². The fraction of sp³-hybridized carbons (Fsp3) is 0.0833. The molecule has 0 unspecified atom stereocenters. The summed E-state index contributed by atoms with van der Waals surface area (Å²) < 4.78 is 15.4. The van der Waals surface area contributed by atoms with E-state index < -0.39 is 5.97 Å². The van der Waals surface area contributed by atoms with Crippen molar-refractivity contribution in [3.05, 3.63) is 28.4 Å². The molecule has 2 heterocycles. The number of carboxylic acids is 1. The number of hydrogen-bond acceptors (Lipinski definition) is 6. The summed E-state index contributed by atoms with van der Waals surface area (Å²) in [5, 5.41) is 12.4. The lowest BCUT2D eigenvalue weighted by Gasteiger charge is -2.06. The van der Waals surface area contributed by atoms with Crippen LogP contribution in [0, 0.1) is 0 Å². The Labute approximate surface area is 116 Å². The monoisotopic (exact) mass is 295 g/mol. The van der Waals surface area contributed by atoms with Crippen LogP contribution in [0.15, 0.2) is 16.7 Å². The Balaban J connectivity index is 2.21. The highest BCUT2D eigenvalue weighted by Crippen LogP contribution is 2.47. The Morgan fingerprint density at radius 1 is 1.35 bits per heavy atom. The molecule has 1 aromatic heterocycles. The van der Waals surface area contributed by atoms with Crippen LogP contribution >= 0.6 is 11.6 Å². The van der Waals surface area contributed by atoms with Crippen molar-refractivity contribution in [1.82, 2.24) is 5.16 Å². The molecule has 0 aliphatic carbocycles. The number of benzene rings is 1. The van der Waals surface area contributed by atoms with Crippen LogP contribution in [0.4, 0.5) is 0 Å². The van der Waals surface area contributed by atoms with Crippen molar-refractivity contribution >= 4 is 23.9 Å². The van der Waals surface area contributed by atoms with Gasteiger partial charge in [0.25, 0.3) is 0 Å². The van der Waals surface area contributed by atoms with E-state index in [1.54, 1.807) is 0 Å². The van der Waals surface area contributed by atoms with E-state index in [4.69, 9.17) is 30.7 Å². The van der Waals surface area contributed by atoms with Crippen LogP contribution in [0.2, 0.25) is 5.02 Å². The van der Waals surface area contributed by atoms with Gasteiger partial charge in [0.1, 0.15) is 0 Å². The molecule has 8 heteroatoms. The maximum Gasteiger partial charge on any atom is 0.358 e. The van der Waals surface area contributed by atoms with Crippen LogP contribution in [0.5, 0.6) is 11.5 Å². The largest absolute Gasteiger partial charge is 0.476 e. The van der Waals surface area contributed by atoms with E-state index in [0.717, 1.165) is 0 Å². The standard InChI is InChI=1S/C12H6ClNO6/c13-6-1-5(3-15)10-11(19-4-18-10)9(6)8-2-7(12(16)17)14-20-8/h1-3H,4H2,(H,16,17). The number of carbonyl (C=O) groups excluding carboxylic acids is 1. The second-order valence-corrected chi connectivity index (χ2v) is 4.29. The minimum absolute atomic E-state index is 0.0660. The summed E-state index contributed by atoms with van der Waals surface area (Å²) in [6.45, 7) is -0.0660. The lowest BCUT2D eigenvalue weighted by Crippen LogP contribution is -1.94. The lowest BCUT2D eigenvalue weighted by atomic mass is 10.1. The van der Waals surface area contributed by atoms with Crippen molar-refractivity contribution < 1.29 is 28.7 Å². The highest BCUT2D eigenvalue weighted by Gasteiger charge is 2.28. The first-order valence-corrected chi connectivity index (χ1v) is 5.77. The van der Waals surface area contributed by atoms with Crippen molar-refractivity contribution in [3.63, 3.8) is 0 Å². The predicted molar refractivity (Wildman–Crippen MR) is 65.4 cm³/mol. The summed E-state index contributed by atoms with van der Waals surface area (Å²) >= 11 is 6.09. The molecular formula is C12H6ClNO6. The van der Waals surface area contributed by atoms with Crippen molar-refractivity contribution in [1.29, 1.82) is 0 Å². The number of rotatable bonds is 3. The molecule has 0 saturated heterocycles. The number of carbonyl (C=O) groups is 2. The normalized spacial score (nSPS) is 12.4. The van der Waals surface area contributed by atoms with Crippen molar-refractivity contribution in [2.45, 2.75) is 0 Å². The van der Waals surface area contributed by atoms with Crippen LogP contribution in [0.3, 0.4) is 0 Å². The summed E-state index contributed by atoms with van der Waals surface area (Å²) in [4.78, 5) is 21.8. The molecule has 1 N–H and O–H groups in total. The van der Waals surface area contributed by atoms with Gasteiger partial charge in [-0.15, -0.1) is 0 Å². The van der Waals surface area contributed by atoms with E-state index in [-0.39, 0.29) is 40.3 Å². The second-order valence-electron chi connectivity index (χ2n) is 3.89. The molecule has 1 aliphatic heterocycles. The van der Waals surface area contributed by atoms with Gasteiger partial charge in [0.05, 0.1) is 16.1 Å². The van der Waals surface area contributed by atoms with E-state index >= 15 is 0 Å². The molecule has 3 rings (SSSR count). The third-order valence-corrected chi connectivity index (χ3v) is 3.02. The van der Waals surface area contributed by atoms with Gasteiger partial charge >= 0.3 is 5.97 Å². The fourth-order valence-electron chi connectivity index (χ4n) is 1.87. The molecule has 0 spiro atoms. The second kappa shape index (κ2) is 4.53. The minimum atomic E-state index is -1.23. The van der Waals surface area contributed by atoms with Gasteiger partial charge in [-0.2, -0.15) is 0 Å². The summed E-state index contributed by atoms with van der Waals surface area (Å²) in [5.41, 5.74) is 0.275. The summed E-state index contributed by atoms with van der Waals surface area (Å²) in [6.07, 6.45) is 0.590. The number of carboxylic acid groups (broad SMARTS) is 1. The molecule has 2 aromatic rings. The number of ether oxygens (including phenoxy) is 2. The zero-order chi connectivity index (χ0) is 14.3. The number of halogens is 1. The van der Waals surface area contributed by atoms with Gasteiger partial charge in [-0.25, -0.2) is 4.79 Å². The van der Waals surface area contributed by atoms with Crippen LogP contribution in [0.1, 0.15) is 20.8 Å². The van der Waals surface area contributed by atoms with E-state index in [1.807, 2.05) is 0 Å². The molecule has 0 fully saturated rings. The molecule has 0 bridgehead atoms. The van der Waals surface area contributed by atoms with Crippen LogP contribution in [0.25, 0.3) is 11.3 Å². The van der Waals surface area contributed by atoms with Gasteiger partial charge in [-0.1, -0.05) is 16.8 Å². The third kappa shape index (κ3) is 1.79. The molecule has 1 aromatic carbocycles. The van der Waals surface area contributed by atoms with Gasteiger partial charge in [0.15, 0.2) is 29.2 Å². The molecule has 102 valence electrons. The zero-order valence-electron chi connectivity index (χ0n) is 9.75. The molecular weight excluding hydrogens is 290 g/mol. The van der Waals surface area contributed by atoms with Crippen molar-refractivity contribution in [2.24, 2.45) is 0 Å². The lowest BCUT2D eigenvalue weighted by molar-refractivity contribution is 0.0685. The first-order chi connectivity index (χ1) is 9.61. The van der Waals surface area contributed by atoms with E-state index in [2.05, 4.69) is 5.16 Å². The number of hydrogen-bond donors (Lipinski definition) is 1. The Bertz CT molecular complexity index is 723. The molecule has 0 saturated carbocycles. The SMILES string of the molecule is O=Cc1cc(Cl)c(-c2cc(C(=O)O)no2)c2c1OCO2. The third-order valence-electron chi connectivity index (χ3n) is 2.73. The minimum Gasteiger partial charge on any atom is -0.476 e. The Kier molecular flexibility index (Phi) is 2.83. The maximum absolute atomic E-state index is 11.0. The highest BCUT2D eigenvalue weighted by molar-refractivity contribution is 6.34. The van der Waals surface area contributed by atoms with Crippen LogP contribution in [-0.2, 0) is 0 Å². The maximum atomic E-state index is 11.0. The topological polar surface area (TPSA) is 98.9 Å². The summed E-state index contributed by atoms with van der Waals surface area (Å²) in [5.74, 6) is -0.638. The first kappa shape index (κ1) is 12.5. The van der Waals surface area contributed by atoms with E-state index in [0.29, 0.717) is 11.8 Å². The number of aromatic carboxylic acids is 1. The highest BCUT2D eigenvalue weighted by atomic mass is 35.5. The molecule has 0 amide bonds. The van der Waals surface area contributed by atoms with E-state index in [1.165, 1.54) is 12.1 Å². The van der Waals surface area contributed by atoms with Gasteiger partial charge < -0.3 is 19.1 Å². The average Bonchev–Trinajstić information content (AvgIpc) is 3.06. The summed E-state index contributed by atoms with van der Waals surface area (Å²) in [7, 11) is 0. The molecule has 0 radical (unpaired) electrons. The van der Waals surface area contributed by atoms with Crippen LogP contribution in [-0.4, -0.2) is 29.3 Å². The predicted octanol–water partition coefficient (Wildman–Crippen LogP) is 2.23. The molecule has 7 nitrogen and oxygen atoms in total. The number of aromatic nitrogens is 1. The van der Waals surface area contributed by atoms with Gasteiger partial charge in [-0.05, 0) is 6.07 Å². The average molecular weight is 296 g/mol. The number of aldehydes is 1. The number of fused-ring (bicyclic) bond motifs is 1. The smallest absolute Gasteiger partial charge is 0.358 e.